The molecular formula is C9H15NO4S. The Kier molecular flexibility index (Phi) is 2.72. The highest BCUT2D eigenvalue weighted by Crippen LogP contribution is 2.33. The van der Waals surface area contributed by atoms with E-state index in [1.54, 1.807) is 0 Å². The van der Waals surface area contributed by atoms with Crippen molar-refractivity contribution in [1.29, 1.82) is 0 Å². The molecule has 1 aliphatic heterocycles. The second kappa shape index (κ2) is 3.75. The number of piperidine rings is 1. The summed E-state index contributed by atoms with van der Waals surface area (Å²) < 4.78 is 25.1. The van der Waals surface area contributed by atoms with Crippen molar-refractivity contribution in [2.45, 2.75) is 30.9 Å². The third-order valence-electron chi connectivity index (χ3n) is 3.11. The molecule has 6 heteroatoms. The van der Waals surface area contributed by atoms with Gasteiger partial charge in [-0.15, -0.1) is 0 Å². The Balaban J connectivity index is 1.96. The van der Waals surface area contributed by atoms with E-state index in [4.69, 9.17) is 5.11 Å². The van der Waals surface area contributed by atoms with Crippen molar-refractivity contribution in [1.82, 2.24) is 4.31 Å². The monoisotopic (exact) mass is 233 g/mol. The molecule has 0 spiro atoms. The van der Waals surface area contributed by atoms with Crippen LogP contribution in [0.25, 0.3) is 0 Å². The third-order valence-corrected chi connectivity index (χ3v) is 5.51. The molecule has 5 nitrogen and oxygen atoms in total. The van der Waals surface area contributed by atoms with Gasteiger partial charge < -0.3 is 5.11 Å². The summed E-state index contributed by atoms with van der Waals surface area (Å²) in [4.78, 5) is 10.7. The zero-order valence-electron chi connectivity index (χ0n) is 8.42. The lowest BCUT2D eigenvalue weighted by atomic mass is 9.99. The summed E-state index contributed by atoms with van der Waals surface area (Å²) in [5.41, 5.74) is 0. The first-order valence-electron chi connectivity index (χ1n) is 5.23. The van der Waals surface area contributed by atoms with Crippen LogP contribution in [-0.2, 0) is 14.8 Å². The van der Waals surface area contributed by atoms with Gasteiger partial charge in [-0.25, -0.2) is 12.7 Å². The zero-order chi connectivity index (χ0) is 11.1. The van der Waals surface area contributed by atoms with E-state index < -0.39 is 16.0 Å². The van der Waals surface area contributed by atoms with Gasteiger partial charge in [-0.2, -0.15) is 0 Å². The maximum absolute atomic E-state index is 11.8. The van der Waals surface area contributed by atoms with Crippen LogP contribution >= 0.6 is 0 Å². The van der Waals surface area contributed by atoms with Gasteiger partial charge in [0.1, 0.15) is 0 Å². The first-order valence-corrected chi connectivity index (χ1v) is 6.74. The van der Waals surface area contributed by atoms with Crippen LogP contribution in [0.1, 0.15) is 25.7 Å². The molecular weight excluding hydrogens is 218 g/mol. The van der Waals surface area contributed by atoms with E-state index in [9.17, 15) is 13.2 Å². The Morgan fingerprint density at radius 2 is 1.67 bits per heavy atom. The summed E-state index contributed by atoms with van der Waals surface area (Å²) >= 11 is 0. The van der Waals surface area contributed by atoms with E-state index >= 15 is 0 Å². The highest BCUT2D eigenvalue weighted by molar-refractivity contribution is 7.90. The van der Waals surface area contributed by atoms with E-state index in [2.05, 4.69) is 0 Å². The molecule has 1 saturated carbocycles. The number of hydrogen-bond acceptors (Lipinski definition) is 3. The van der Waals surface area contributed by atoms with Crippen molar-refractivity contribution >= 4 is 16.0 Å². The molecule has 0 aromatic rings. The van der Waals surface area contributed by atoms with Crippen molar-refractivity contribution in [2.24, 2.45) is 5.92 Å². The standard InChI is InChI=1S/C9H15NO4S/c11-9(12)7-3-5-10(6-4-7)15(13,14)8-1-2-8/h7-8H,1-6H2,(H,11,12). The first kappa shape index (κ1) is 10.9. The molecule has 2 fully saturated rings. The van der Waals surface area contributed by atoms with Crippen molar-refractivity contribution < 1.29 is 18.3 Å². The largest absolute Gasteiger partial charge is 0.481 e. The number of aliphatic carboxylic acids is 1. The first-order chi connectivity index (χ1) is 7.01. The summed E-state index contributed by atoms with van der Waals surface area (Å²) in [7, 11) is -3.10. The van der Waals surface area contributed by atoms with Gasteiger partial charge in [-0.3, -0.25) is 4.79 Å². The van der Waals surface area contributed by atoms with Gasteiger partial charge in [0.25, 0.3) is 0 Å². The number of hydrogen-bond donors (Lipinski definition) is 1. The van der Waals surface area contributed by atoms with Crippen LogP contribution in [0.15, 0.2) is 0 Å². The summed E-state index contributed by atoms with van der Waals surface area (Å²) in [5.74, 6) is -1.17. The fourth-order valence-corrected chi connectivity index (χ4v) is 3.81. The third kappa shape index (κ3) is 2.15. The van der Waals surface area contributed by atoms with E-state index in [1.165, 1.54) is 4.31 Å². The molecule has 2 rings (SSSR count). The second-order valence-corrected chi connectivity index (χ2v) is 6.47. The molecule has 1 aliphatic carbocycles. The number of rotatable bonds is 3. The van der Waals surface area contributed by atoms with Crippen LogP contribution in [0.3, 0.4) is 0 Å². The minimum absolute atomic E-state index is 0.182. The van der Waals surface area contributed by atoms with Crippen molar-refractivity contribution in [3.8, 4) is 0 Å². The van der Waals surface area contributed by atoms with Gasteiger partial charge in [-0.1, -0.05) is 0 Å². The highest BCUT2D eigenvalue weighted by atomic mass is 32.2. The van der Waals surface area contributed by atoms with Gasteiger partial charge in [0.15, 0.2) is 0 Å². The topological polar surface area (TPSA) is 74.7 Å². The number of sulfonamides is 1. The van der Waals surface area contributed by atoms with E-state index in [0.717, 1.165) is 12.8 Å². The van der Waals surface area contributed by atoms with Crippen LogP contribution < -0.4 is 0 Å². The van der Waals surface area contributed by atoms with Gasteiger partial charge in [0.2, 0.25) is 10.0 Å². The zero-order valence-corrected chi connectivity index (χ0v) is 9.24. The molecule has 0 radical (unpaired) electrons. The normalized spacial score (nSPS) is 25.3. The van der Waals surface area contributed by atoms with Gasteiger partial charge >= 0.3 is 5.97 Å². The summed E-state index contributed by atoms with van der Waals surface area (Å²) in [6.07, 6.45) is 2.42. The lowest BCUT2D eigenvalue weighted by Crippen LogP contribution is -2.41. The number of carboxylic acid groups (broad SMARTS) is 1. The quantitative estimate of drug-likeness (QED) is 0.759. The van der Waals surface area contributed by atoms with E-state index in [-0.39, 0.29) is 11.2 Å². The predicted molar refractivity (Wildman–Crippen MR) is 53.9 cm³/mol. The molecule has 0 aromatic carbocycles. The molecule has 1 N–H and O–H groups in total. The van der Waals surface area contributed by atoms with Gasteiger partial charge in [0, 0.05) is 13.1 Å². The summed E-state index contributed by atoms with van der Waals surface area (Å²) in [6, 6.07) is 0. The van der Waals surface area contributed by atoms with Crippen molar-refractivity contribution in [3.05, 3.63) is 0 Å². The number of nitrogens with zero attached hydrogens (tertiary/aromatic N) is 1. The average Bonchev–Trinajstić information content (AvgIpc) is 3.01. The summed E-state index contributed by atoms with van der Waals surface area (Å²) in [5, 5.41) is 8.60. The smallest absolute Gasteiger partial charge is 0.306 e. The summed E-state index contributed by atoms with van der Waals surface area (Å²) in [6.45, 7) is 0.742. The minimum Gasteiger partial charge on any atom is -0.481 e. The van der Waals surface area contributed by atoms with Crippen LogP contribution in [0.4, 0.5) is 0 Å². The molecule has 1 heterocycles. The molecule has 0 unspecified atom stereocenters. The van der Waals surface area contributed by atoms with Crippen molar-refractivity contribution in [3.63, 3.8) is 0 Å². The van der Waals surface area contributed by atoms with Gasteiger partial charge in [0.05, 0.1) is 11.2 Å². The predicted octanol–water partition coefficient (Wildman–Crippen LogP) is 0.275. The SMILES string of the molecule is O=C(O)C1CCN(S(=O)(=O)C2CC2)CC1. The Bertz CT molecular complexity index is 352. The fraction of sp³-hybridized carbons (Fsp3) is 0.889. The molecule has 0 bridgehead atoms. The molecule has 0 atom stereocenters. The van der Waals surface area contributed by atoms with E-state index in [1.807, 2.05) is 0 Å². The minimum atomic E-state index is -3.10. The lowest BCUT2D eigenvalue weighted by Gasteiger charge is -2.29. The Morgan fingerprint density at radius 3 is 2.07 bits per heavy atom. The van der Waals surface area contributed by atoms with Crippen molar-refractivity contribution in [2.75, 3.05) is 13.1 Å². The average molecular weight is 233 g/mol. The second-order valence-electron chi connectivity index (χ2n) is 4.26. The molecule has 0 aromatic heterocycles. The highest BCUT2D eigenvalue weighted by Gasteiger charge is 2.41. The molecule has 1 saturated heterocycles. The Hall–Kier alpha value is -0.620. The van der Waals surface area contributed by atoms with Crippen LogP contribution in [0, 0.1) is 5.92 Å². The molecule has 0 amide bonds. The Morgan fingerprint density at radius 1 is 1.13 bits per heavy atom. The van der Waals surface area contributed by atoms with Gasteiger partial charge in [-0.05, 0) is 25.7 Å². The number of carbonyl (C=O) groups is 1. The van der Waals surface area contributed by atoms with Crippen LogP contribution in [-0.4, -0.2) is 42.1 Å². The fourth-order valence-electron chi connectivity index (χ4n) is 1.93. The maximum atomic E-state index is 11.8. The maximum Gasteiger partial charge on any atom is 0.306 e. The molecule has 2 aliphatic rings. The van der Waals surface area contributed by atoms with Crippen LogP contribution in [0.2, 0.25) is 0 Å². The Labute approximate surface area is 89.1 Å². The van der Waals surface area contributed by atoms with E-state index in [0.29, 0.717) is 25.9 Å². The lowest BCUT2D eigenvalue weighted by molar-refractivity contribution is -0.142. The molecule has 86 valence electrons. The van der Waals surface area contributed by atoms with Crippen LogP contribution in [0.5, 0.6) is 0 Å². The molecule has 15 heavy (non-hydrogen) atoms. The number of carboxylic acids is 1.